The average molecular weight is 366 g/mol. The monoisotopic (exact) mass is 366 g/mol. The lowest BCUT2D eigenvalue weighted by Crippen LogP contribution is -2.32. The fraction of sp³-hybridized carbons (Fsp3) is 0.278. The molecule has 0 radical (unpaired) electrons. The molecule has 1 aliphatic heterocycles. The highest BCUT2D eigenvalue weighted by Crippen LogP contribution is 2.13. The van der Waals surface area contributed by atoms with Crippen molar-refractivity contribution in [3.63, 3.8) is 0 Å². The van der Waals surface area contributed by atoms with Crippen LogP contribution in [0.25, 0.3) is 5.65 Å². The van der Waals surface area contributed by atoms with E-state index >= 15 is 0 Å². The Hall–Kier alpha value is -3.49. The van der Waals surface area contributed by atoms with Gasteiger partial charge in [-0.1, -0.05) is 6.07 Å². The molecule has 0 atom stereocenters. The van der Waals surface area contributed by atoms with E-state index in [0.29, 0.717) is 12.2 Å². The van der Waals surface area contributed by atoms with Gasteiger partial charge in [-0.05, 0) is 12.1 Å². The van der Waals surface area contributed by atoms with Crippen LogP contribution in [0.2, 0.25) is 0 Å². The lowest BCUT2D eigenvalue weighted by Gasteiger charge is -2.12. The Kier molecular flexibility index (Phi) is 4.41. The molecule has 4 heterocycles. The zero-order chi connectivity index (χ0) is 18.8. The summed E-state index contributed by atoms with van der Waals surface area (Å²) < 4.78 is 3.62. The Morgan fingerprint density at radius 3 is 2.74 bits per heavy atom. The van der Waals surface area contributed by atoms with Gasteiger partial charge in [-0.2, -0.15) is 5.10 Å². The van der Waals surface area contributed by atoms with E-state index in [-0.39, 0.29) is 43.5 Å². The summed E-state index contributed by atoms with van der Waals surface area (Å²) in [6.45, 7) is 0.590. The standard InChI is InChI=1S/C18H18N6O3/c25-16(6-8-24-17(26)4-5-18(24)27)21-13-9-19-23(11-13)12-14-10-22-7-2-1-3-15(22)20-14/h1-3,7,9-11H,4-6,8,12H2,(H,21,25). The molecule has 1 N–H and O–H groups in total. The van der Waals surface area contributed by atoms with E-state index in [9.17, 15) is 14.4 Å². The fourth-order valence-electron chi connectivity index (χ4n) is 3.05. The maximum atomic E-state index is 12.1. The van der Waals surface area contributed by atoms with Crippen molar-refractivity contribution in [2.75, 3.05) is 11.9 Å². The number of imidazole rings is 1. The van der Waals surface area contributed by atoms with Crippen LogP contribution in [0.4, 0.5) is 5.69 Å². The minimum Gasteiger partial charge on any atom is -0.323 e. The van der Waals surface area contributed by atoms with Gasteiger partial charge in [0.15, 0.2) is 0 Å². The Morgan fingerprint density at radius 2 is 1.96 bits per heavy atom. The van der Waals surface area contributed by atoms with Gasteiger partial charge in [0, 0.05) is 44.4 Å². The number of carbonyl (C=O) groups excluding carboxylic acids is 3. The van der Waals surface area contributed by atoms with Crippen molar-refractivity contribution >= 4 is 29.1 Å². The van der Waals surface area contributed by atoms with Crippen LogP contribution < -0.4 is 5.32 Å². The molecule has 138 valence electrons. The van der Waals surface area contributed by atoms with Crippen molar-refractivity contribution in [3.8, 4) is 0 Å². The summed E-state index contributed by atoms with van der Waals surface area (Å²) in [7, 11) is 0. The van der Waals surface area contributed by atoms with Crippen LogP contribution in [0.3, 0.4) is 0 Å². The van der Waals surface area contributed by atoms with Gasteiger partial charge in [0.1, 0.15) is 5.65 Å². The van der Waals surface area contributed by atoms with Gasteiger partial charge >= 0.3 is 0 Å². The number of anilines is 1. The number of rotatable bonds is 6. The largest absolute Gasteiger partial charge is 0.323 e. The second-order valence-corrected chi connectivity index (χ2v) is 6.36. The molecule has 9 nitrogen and oxygen atoms in total. The number of nitrogens with one attached hydrogen (secondary N) is 1. The third-order valence-electron chi connectivity index (χ3n) is 4.37. The molecule has 0 saturated carbocycles. The van der Waals surface area contributed by atoms with Crippen LogP contribution in [0.15, 0.2) is 43.0 Å². The molecule has 0 aliphatic carbocycles. The van der Waals surface area contributed by atoms with E-state index in [1.165, 1.54) is 0 Å². The predicted molar refractivity (Wildman–Crippen MR) is 95.7 cm³/mol. The number of likely N-dealkylation sites (tertiary alicyclic amines) is 1. The molecule has 1 fully saturated rings. The van der Waals surface area contributed by atoms with E-state index in [0.717, 1.165) is 16.2 Å². The van der Waals surface area contributed by atoms with Crippen molar-refractivity contribution in [1.29, 1.82) is 0 Å². The first kappa shape index (κ1) is 17.0. The van der Waals surface area contributed by atoms with Gasteiger partial charge < -0.3 is 9.72 Å². The van der Waals surface area contributed by atoms with Crippen molar-refractivity contribution in [2.24, 2.45) is 0 Å². The summed E-state index contributed by atoms with van der Waals surface area (Å²) >= 11 is 0. The van der Waals surface area contributed by atoms with Crippen LogP contribution in [0.5, 0.6) is 0 Å². The van der Waals surface area contributed by atoms with E-state index < -0.39 is 0 Å². The van der Waals surface area contributed by atoms with Gasteiger partial charge in [-0.15, -0.1) is 0 Å². The quantitative estimate of drug-likeness (QED) is 0.657. The summed E-state index contributed by atoms with van der Waals surface area (Å²) in [5.41, 5.74) is 2.27. The summed E-state index contributed by atoms with van der Waals surface area (Å²) in [4.78, 5) is 40.8. The summed E-state index contributed by atoms with van der Waals surface area (Å²) in [5.74, 6) is -0.698. The number of carbonyl (C=O) groups is 3. The second-order valence-electron chi connectivity index (χ2n) is 6.36. The zero-order valence-electron chi connectivity index (χ0n) is 14.5. The van der Waals surface area contributed by atoms with Crippen molar-refractivity contribution < 1.29 is 14.4 Å². The third-order valence-corrected chi connectivity index (χ3v) is 4.37. The van der Waals surface area contributed by atoms with Gasteiger partial charge in [0.05, 0.1) is 24.1 Å². The van der Waals surface area contributed by atoms with Gasteiger partial charge in [0.25, 0.3) is 0 Å². The van der Waals surface area contributed by atoms with Crippen LogP contribution in [0.1, 0.15) is 25.0 Å². The van der Waals surface area contributed by atoms with Crippen LogP contribution in [0, 0.1) is 0 Å². The second kappa shape index (κ2) is 7.02. The summed E-state index contributed by atoms with van der Waals surface area (Å²) in [5, 5.41) is 6.96. The predicted octanol–water partition coefficient (Wildman–Crippen LogP) is 1.06. The molecule has 3 aromatic rings. The molecule has 0 bridgehead atoms. The average Bonchev–Trinajstić information content (AvgIpc) is 3.33. The lowest BCUT2D eigenvalue weighted by atomic mass is 10.3. The maximum Gasteiger partial charge on any atom is 0.229 e. The molecule has 0 aromatic carbocycles. The molecule has 3 amide bonds. The third kappa shape index (κ3) is 3.71. The topological polar surface area (TPSA) is 102 Å². The molecule has 27 heavy (non-hydrogen) atoms. The number of pyridine rings is 1. The van der Waals surface area contributed by atoms with Crippen molar-refractivity contribution in [1.82, 2.24) is 24.1 Å². The fourth-order valence-corrected chi connectivity index (χ4v) is 3.05. The molecule has 1 aliphatic rings. The highest BCUT2D eigenvalue weighted by atomic mass is 16.2. The number of aromatic nitrogens is 4. The number of fused-ring (bicyclic) bond motifs is 1. The highest BCUT2D eigenvalue weighted by molar-refractivity contribution is 6.02. The first-order valence-electron chi connectivity index (χ1n) is 8.66. The first-order valence-corrected chi connectivity index (χ1v) is 8.66. The first-order chi connectivity index (χ1) is 13.1. The Morgan fingerprint density at radius 1 is 1.15 bits per heavy atom. The SMILES string of the molecule is O=C(CCN1C(=O)CCC1=O)Nc1cnn(Cc2cn3ccccc3n2)c1. The lowest BCUT2D eigenvalue weighted by molar-refractivity contribution is -0.138. The molecular weight excluding hydrogens is 348 g/mol. The summed E-state index contributed by atoms with van der Waals surface area (Å²) in [6.07, 6.45) is 7.66. The molecule has 3 aromatic heterocycles. The van der Waals surface area contributed by atoms with E-state index in [1.54, 1.807) is 17.1 Å². The normalized spacial score (nSPS) is 14.3. The Labute approximate surface area is 154 Å². The number of amides is 3. The van der Waals surface area contributed by atoms with Gasteiger partial charge in [0.2, 0.25) is 17.7 Å². The molecule has 0 spiro atoms. The van der Waals surface area contributed by atoms with Crippen LogP contribution in [-0.2, 0) is 20.9 Å². The Balaban J connectivity index is 1.33. The maximum absolute atomic E-state index is 12.1. The van der Waals surface area contributed by atoms with Gasteiger partial charge in [-0.25, -0.2) is 4.98 Å². The molecular formula is C18H18N6O3. The van der Waals surface area contributed by atoms with Crippen LogP contribution >= 0.6 is 0 Å². The van der Waals surface area contributed by atoms with E-state index in [2.05, 4.69) is 15.4 Å². The van der Waals surface area contributed by atoms with Crippen molar-refractivity contribution in [2.45, 2.75) is 25.8 Å². The number of hydrogen-bond donors (Lipinski definition) is 1. The summed E-state index contributed by atoms with van der Waals surface area (Å²) in [6, 6.07) is 5.79. The number of imide groups is 1. The smallest absolute Gasteiger partial charge is 0.229 e. The van der Waals surface area contributed by atoms with E-state index in [1.807, 2.05) is 35.0 Å². The van der Waals surface area contributed by atoms with Crippen molar-refractivity contribution in [3.05, 3.63) is 48.7 Å². The number of hydrogen-bond acceptors (Lipinski definition) is 5. The zero-order valence-corrected chi connectivity index (χ0v) is 14.5. The Bertz CT molecular complexity index is 972. The molecule has 9 heteroatoms. The molecule has 4 rings (SSSR count). The van der Waals surface area contributed by atoms with Crippen LogP contribution in [-0.4, -0.2) is 48.3 Å². The molecule has 1 saturated heterocycles. The van der Waals surface area contributed by atoms with E-state index in [4.69, 9.17) is 0 Å². The number of nitrogens with zero attached hydrogens (tertiary/aromatic N) is 5. The highest BCUT2D eigenvalue weighted by Gasteiger charge is 2.28. The minimum atomic E-state index is -0.269. The van der Waals surface area contributed by atoms with Gasteiger partial charge in [-0.3, -0.25) is 24.0 Å². The molecule has 0 unspecified atom stereocenters. The minimum absolute atomic E-state index is 0.0646.